The van der Waals surface area contributed by atoms with E-state index in [0.29, 0.717) is 24.9 Å². The van der Waals surface area contributed by atoms with Gasteiger partial charge in [0.25, 0.3) is 0 Å². The lowest BCUT2D eigenvalue weighted by Gasteiger charge is -2.37. The first-order chi connectivity index (χ1) is 10.1. The number of hydrogen-bond donors (Lipinski definition) is 0. The Bertz CT molecular complexity index is 587. The quantitative estimate of drug-likeness (QED) is 0.783. The lowest BCUT2D eigenvalue weighted by Crippen LogP contribution is -2.47. The Morgan fingerprint density at radius 3 is 2.14 bits per heavy atom. The van der Waals surface area contributed by atoms with E-state index in [9.17, 15) is 9.59 Å². The van der Waals surface area contributed by atoms with Gasteiger partial charge in [0.15, 0.2) is 0 Å². The van der Waals surface area contributed by atoms with Crippen LogP contribution in [-0.4, -0.2) is 11.8 Å². The minimum atomic E-state index is -0.0822. The summed E-state index contributed by atoms with van der Waals surface area (Å²) in [6.45, 7) is 0. The first kappa shape index (κ1) is 13.8. The predicted octanol–water partition coefficient (Wildman–Crippen LogP) is 2.97. The predicted molar refractivity (Wildman–Crippen MR) is 78.4 cm³/mol. The van der Waals surface area contributed by atoms with Crippen molar-refractivity contribution < 1.29 is 9.59 Å². The van der Waals surface area contributed by atoms with Crippen LogP contribution in [0.15, 0.2) is 24.3 Å². The summed E-state index contributed by atoms with van der Waals surface area (Å²) >= 11 is 0. The Kier molecular flexibility index (Phi) is 3.50. The second-order valence-corrected chi connectivity index (χ2v) is 6.18. The zero-order chi connectivity index (χ0) is 14.9. The Hall–Kier alpha value is -2.15. The van der Waals surface area contributed by atoms with E-state index in [4.69, 9.17) is 5.26 Å². The van der Waals surface area contributed by atoms with Crippen molar-refractivity contribution >= 4 is 17.5 Å². The summed E-state index contributed by atoms with van der Waals surface area (Å²) in [6, 6.07) is 9.21. The van der Waals surface area contributed by atoms with Gasteiger partial charge in [0, 0.05) is 12.8 Å². The van der Waals surface area contributed by atoms with Crippen molar-refractivity contribution in [2.24, 2.45) is 5.41 Å². The molecular weight excluding hydrogens is 264 g/mol. The summed E-state index contributed by atoms with van der Waals surface area (Å²) in [4.78, 5) is 26.2. The molecule has 0 atom stereocenters. The number of benzene rings is 1. The van der Waals surface area contributed by atoms with Gasteiger partial charge in [-0.25, -0.2) is 0 Å². The highest BCUT2D eigenvalue weighted by Gasteiger charge is 2.45. The Morgan fingerprint density at radius 2 is 1.62 bits per heavy atom. The highest BCUT2D eigenvalue weighted by atomic mass is 16.2. The molecule has 1 aliphatic carbocycles. The van der Waals surface area contributed by atoms with Crippen molar-refractivity contribution in [3.05, 3.63) is 29.8 Å². The van der Waals surface area contributed by atoms with Gasteiger partial charge in [0.05, 0.1) is 18.2 Å². The molecule has 0 radical (unpaired) electrons. The van der Waals surface area contributed by atoms with Gasteiger partial charge in [-0.2, -0.15) is 5.26 Å². The molecule has 1 aromatic rings. The summed E-state index contributed by atoms with van der Waals surface area (Å²) in [5.74, 6) is -0.164. The minimum Gasteiger partial charge on any atom is -0.274 e. The molecule has 1 spiro atoms. The third kappa shape index (κ3) is 2.56. The van der Waals surface area contributed by atoms with Crippen LogP contribution < -0.4 is 4.90 Å². The lowest BCUT2D eigenvalue weighted by molar-refractivity contribution is -0.133. The summed E-state index contributed by atoms with van der Waals surface area (Å²) in [7, 11) is 0. The van der Waals surface area contributed by atoms with Gasteiger partial charge in [-0.1, -0.05) is 25.0 Å². The second kappa shape index (κ2) is 5.33. The Morgan fingerprint density at radius 1 is 1.05 bits per heavy atom. The number of nitriles is 1. The lowest BCUT2D eigenvalue weighted by atomic mass is 9.76. The molecule has 4 heteroatoms. The first-order valence-corrected chi connectivity index (χ1v) is 7.45. The molecule has 3 rings (SSSR count). The van der Waals surface area contributed by atoms with Crippen LogP contribution in [0.2, 0.25) is 0 Å². The van der Waals surface area contributed by atoms with E-state index < -0.39 is 0 Å². The normalized spacial score (nSPS) is 20.8. The van der Waals surface area contributed by atoms with Crippen LogP contribution in [-0.2, 0) is 16.0 Å². The molecule has 1 aliphatic heterocycles. The number of amides is 2. The number of anilines is 1. The molecule has 1 aromatic carbocycles. The SMILES string of the molecule is N#CCc1ccc(N2C(=O)CC3(CCCC3)CC2=O)cc1. The van der Waals surface area contributed by atoms with Crippen LogP contribution in [0.1, 0.15) is 44.1 Å². The number of carbonyl (C=O) groups is 2. The molecule has 0 N–H and O–H groups in total. The Balaban J connectivity index is 1.81. The monoisotopic (exact) mass is 282 g/mol. The summed E-state index contributed by atoms with van der Waals surface area (Å²) < 4.78 is 0. The summed E-state index contributed by atoms with van der Waals surface area (Å²) in [5, 5.41) is 8.67. The molecule has 2 fully saturated rings. The highest BCUT2D eigenvalue weighted by molar-refractivity contribution is 6.17. The maximum absolute atomic E-state index is 12.4. The Labute approximate surface area is 124 Å². The average molecular weight is 282 g/mol. The number of hydrogen-bond acceptors (Lipinski definition) is 3. The zero-order valence-corrected chi connectivity index (χ0v) is 12.0. The summed E-state index contributed by atoms with van der Waals surface area (Å²) in [5.41, 5.74) is 1.45. The molecule has 0 unspecified atom stereocenters. The van der Waals surface area contributed by atoms with Gasteiger partial charge in [0.2, 0.25) is 11.8 Å². The zero-order valence-electron chi connectivity index (χ0n) is 12.0. The van der Waals surface area contributed by atoms with E-state index in [1.54, 1.807) is 24.3 Å². The smallest absolute Gasteiger partial charge is 0.234 e. The number of imide groups is 1. The molecule has 0 aromatic heterocycles. The topological polar surface area (TPSA) is 61.2 Å². The third-order valence-electron chi connectivity index (χ3n) is 4.69. The van der Waals surface area contributed by atoms with Gasteiger partial charge >= 0.3 is 0 Å². The van der Waals surface area contributed by atoms with Gasteiger partial charge in [-0.15, -0.1) is 0 Å². The molecule has 1 saturated carbocycles. The summed E-state index contributed by atoms with van der Waals surface area (Å²) in [6.07, 6.45) is 5.56. The number of piperidine rings is 1. The van der Waals surface area contributed by atoms with Crippen molar-refractivity contribution in [1.82, 2.24) is 0 Å². The fourth-order valence-corrected chi connectivity index (χ4v) is 3.62. The molecule has 2 amide bonds. The van der Waals surface area contributed by atoms with Crippen molar-refractivity contribution in [1.29, 1.82) is 5.26 Å². The van der Waals surface area contributed by atoms with E-state index >= 15 is 0 Å². The van der Waals surface area contributed by atoms with Crippen LogP contribution >= 0.6 is 0 Å². The largest absolute Gasteiger partial charge is 0.274 e. The molecule has 0 bridgehead atoms. The standard InChI is InChI=1S/C17H18N2O2/c18-10-7-13-3-5-14(6-4-13)19-15(20)11-17(12-16(19)21)8-1-2-9-17/h3-6H,1-2,7-9,11-12H2. The van der Waals surface area contributed by atoms with E-state index in [1.807, 2.05) is 0 Å². The van der Waals surface area contributed by atoms with E-state index in [-0.39, 0.29) is 17.2 Å². The molecule has 21 heavy (non-hydrogen) atoms. The molecule has 2 aliphatic rings. The molecule has 108 valence electrons. The van der Waals surface area contributed by atoms with Crippen molar-refractivity contribution in [2.75, 3.05) is 4.90 Å². The van der Waals surface area contributed by atoms with Crippen LogP contribution in [0.3, 0.4) is 0 Å². The van der Waals surface area contributed by atoms with Crippen molar-refractivity contribution in [2.45, 2.75) is 44.9 Å². The minimum absolute atomic E-state index is 0.0641. The number of nitrogens with zero attached hydrogens (tertiary/aromatic N) is 2. The number of carbonyl (C=O) groups excluding carboxylic acids is 2. The van der Waals surface area contributed by atoms with Crippen molar-refractivity contribution in [3.8, 4) is 6.07 Å². The van der Waals surface area contributed by atoms with E-state index in [1.165, 1.54) is 4.90 Å². The first-order valence-electron chi connectivity index (χ1n) is 7.45. The highest BCUT2D eigenvalue weighted by Crippen LogP contribution is 2.47. The second-order valence-electron chi connectivity index (χ2n) is 6.18. The van der Waals surface area contributed by atoms with Gasteiger partial charge in [-0.05, 0) is 36.0 Å². The van der Waals surface area contributed by atoms with Crippen LogP contribution in [0.4, 0.5) is 5.69 Å². The van der Waals surface area contributed by atoms with Gasteiger partial charge < -0.3 is 0 Å². The van der Waals surface area contributed by atoms with Gasteiger partial charge in [0.1, 0.15) is 0 Å². The van der Waals surface area contributed by atoms with E-state index in [0.717, 1.165) is 31.2 Å². The average Bonchev–Trinajstić information content (AvgIpc) is 2.88. The van der Waals surface area contributed by atoms with Crippen LogP contribution in [0, 0.1) is 16.7 Å². The van der Waals surface area contributed by atoms with E-state index in [2.05, 4.69) is 6.07 Å². The fraction of sp³-hybridized carbons (Fsp3) is 0.471. The fourth-order valence-electron chi connectivity index (χ4n) is 3.62. The molecule has 4 nitrogen and oxygen atoms in total. The third-order valence-corrected chi connectivity index (χ3v) is 4.69. The van der Waals surface area contributed by atoms with Crippen LogP contribution in [0.5, 0.6) is 0 Å². The molecular formula is C17H18N2O2. The number of rotatable bonds is 2. The molecule has 1 saturated heterocycles. The maximum Gasteiger partial charge on any atom is 0.234 e. The molecule has 1 heterocycles. The maximum atomic E-state index is 12.4. The van der Waals surface area contributed by atoms with Crippen LogP contribution in [0.25, 0.3) is 0 Å². The van der Waals surface area contributed by atoms with Crippen molar-refractivity contribution in [3.63, 3.8) is 0 Å². The van der Waals surface area contributed by atoms with Gasteiger partial charge in [-0.3, -0.25) is 14.5 Å².